The van der Waals surface area contributed by atoms with E-state index in [1.54, 1.807) is 6.07 Å². The van der Waals surface area contributed by atoms with Crippen LogP contribution in [0.2, 0.25) is 0 Å². The van der Waals surface area contributed by atoms with Crippen LogP contribution in [0.4, 0.5) is 0 Å². The van der Waals surface area contributed by atoms with Gasteiger partial charge < -0.3 is 9.73 Å². The number of hydrogen-bond donors (Lipinski definition) is 1. The summed E-state index contributed by atoms with van der Waals surface area (Å²) in [5, 5.41) is 4.03. The maximum absolute atomic E-state index is 12.2. The largest absolute Gasteiger partial charge is 0.460 e. The molecule has 1 N–H and O–H groups in total. The van der Waals surface area contributed by atoms with Gasteiger partial charge in [-0.25, -0.2) is 0 Å². The predicted octanol–water partition coefficient (Wildman–Crippen LogP) is 2.88. The fraction of sp³-hybridized carbons (Fsp3) is 0.438. The normalized spacial score (nSPS) is 16.9. The van der Waals surface area contributed by atoms with Crippen LogP contribution in [0.5, 0.6) is 0 Å². The molecule has 0 saturated carbocycles. The third-order valence-electron chi connectivity index (χ3n) is 4.18. The van der Waals surface area contributed by atoms with Gasteiger partial charge in [-0.05, 0) is 57.0 Å². The van der Waals surface area contributed by atoms with Gasteiger partial charge in [0.15, 0.2) is 5.43 Å². The van der Waals surface area contributed by atoms with Crippen molar-refractivity contribution in [2.45, 2.75) is 32.6 Å². The minimum Gasteiger partial charge on any atom is -0.460 e. The Kier molecular flexibility index (Phi) is 3.15. The molecule has 2 heterocycles. The van der Waals surface area contributed by atoms with Crippen LogP contribution in [0.3, 0.4) is 0 Å². The molecule has 0 unspecified atom stereocenters. The molecular weight excluding hydrogens is 238 g/mol. The minimum atomic E-state index is 0.0814. The quantitative estimate of drug-likeness (QED) is 0.854. The second-order valence-electron chi connectivity index (χ2n) is 5.42. The van der Waals surface area contributed by atoms with E-state index in [1.807, 2.05) is 26.0 Å². The van der Waals surface area contributed by atoms with Crippen LogP contribution in [0.1, 0.15) is 35.6 Å². The Hall–Kier alpha value is -1.61. The molecule has 0 amide bonds. The minimum absolute atomic E-state index is 0.0814. The summed E-state index contributed by atoms with van der Waals surface area (Å²) < 4.78 is 6.07. The lowest BCUT2D eigenvalue weighted by molar-refractivity contribution is 0.392. The monoisotopic (exact) mass is 257 g/mol. The number of benzene rings is 1. The smallest absolute Gasteiger partial charge is 0.192 e. The van der Waals surface area contributed by atoms with Gasteiger partial charge in [0.1, 0.15) is 11.3 Å². The molecule has 0 bridgehead atoms. The van der Waals surface area contributed by atoms with Gasteiger partial charge >= 0.3 is 0 Å². The van der Waals surface area contributed by atoms with E-state index in [2.05, 4.69) is 5.32 Å². The Morgan fingerprint density at radius 1 is 1.21 bits per heavy atom. The van der Waals surface area contributed by atoms with Gasteiger partial charge in [0.05, 0.1) is 5.39 Å². The first kappa shape index (κ1) is 12.4. The lowest BCUT2D eigenvalue weighted by Crippen LogP contribution is -2.27. The van der Waals surface area contributed by atoms with Crippen molar-refractivity contribution in [2.75, 3.05) is 13.1 Å². The summed E-state index contributed by atoms with van der Waals surface area (Å²) in [7, 11) is 0. The van der Waals surface area contributed by atoms with Gasteiger partial charge in [0, 0.05) is 12.0 Å². The molecule has 3 heteroatoms. The summed E-state index contributed by atoms with van der Waals surface area (Å²) in [4.78, 5) is 12.2. The summed E-state index contributed by atoms with van der Waals surface area (Å²) in [5.41, 5.74) is 3.09. The molecule has 1 aromatic carbocycles. The van der Waals surface area contributed by atoms with Crippen molar-refractivity contribution in [2.24, 2.45) is 0 Å². The average Bonchev–Trinajstić information content (AvgIpc) is 2.44. The fourth-order valence-corrected chi connectivity index (χ4v) is 2.78. The van der Waals surface area contributed by atoms with Crippen LogP contribution >= 0.6 is 0 Å². The second-order valence-corrected chi connectivity index (χ2v) is 5.42. The van der Waals surface area contributed by atoms with E-state index >= 15 is 0 Å². The highest BCUT2D eigenvalue weighted by Gasteiger charge is 2.19. The molecule has 1 aromatic heterocycles. The van der Waals surface area contributed by atoms with Crippen molar-refractivity contribution < 1.29 is 4.42 Å². The Labute approximate surface area is 112 Å². The third kappa shape index (κ3) is 2.19. The molecule has 0 aliphatic carbocycles. The molecule has 0 spiro atoms. The molecule has 2 aromatic rings. The summed E-state index contributed by atoms with van der Waals surface area (Å²) in [6, 6.07) is 5.54. The molecular formula is C16H19NO2. The zero-order valence-corrected chi connectivity index (χ0v) is 11.5. The summed E-state index contributed by atoms with van der Waals surface area (Å²) >= 11 is 0. The maximum atomic E-state index is 12.2. The highest BCUT2D eigenvalue weighted by Crippen LogP contribution is 2.28. The van der Waals surface area contributed by atoms with Gasteiger partial charge in [0.2, 0.25) is 0 Å². The molecule has 3 rings (SSSR count). The van der Waals surface area contributed by atoms with Gasteiger partial charge in [-0.2, -0.15) is 0 Å². The number of piperidine rings is 1. The van der Waals surface area contributed by atoms with Gasteiger partial charge in [-0.15, -0.1) is 0 Å². The van der Waals surface area contributed by atoms with Gasteiger partial charge in [-0.1, -0.05) is 6.07 Å². The summed E-state index contributed by atoms with van der Waals surface area (Å²) in [6.45, 7) is 6.07. The standard InChI is InChI=1S/C16H19NO2/c1-10-3-4-13-14(18)9-15(19-16(13)11(10)2)12-5-7-17-8-6-12/h3-4,9,12,17H,5-8H2,1-2H3. The number of aryl methyl sites for hydroxylation is 2. The highest BCUT2D eigenvalue weighted by molar-refractivity contribution is 5.80. The first-order valence-corrected chi connectivity index (χ1v) is 6.91. The topological polar surface area (TPSA) is 42.2 Å². The molecule has 0 radical (unpaired) electrons. The zero-order valence-electron chi connectivity index (χ0n) is 11.5. The van der Waals surface area contributed by atoms with E-state index in [-0.39, 0.29) is 5.43 Å². The van der Waals surface area contributed by atoms with Crippen molar-refractivity contribution >= 4 is 11.0 Å². The second kappa shape index (κ2) is 4.82. The van der Waals surface area contributed by atoms with E-state index in [1.165, 1.54) is 0 Å². The Bertz CT molecular complexity index is 666. The number of rotatable bonds is 1. The SMILES string of the molecule is Cc1ccc2c(=O)cc(C3CCNCC3)oc2c1C. The highest BCUT2D eigenvalue weighted by atomic mass is 16.3. The van der Waals surface area contributed by atoms with Crippen molar-refractivity contribution in [3.05, 3.63) is 45.3 Å². The van der Waals surface area contributed by atoms with Crippen LogP contribution in [-0.4, -0.2) is 13.1 Å². The Balaban J connectivity index is 2.17. The first-order valence-electron chi connectivity index (χ1n) is 6.91. The number of hydrogen-bond acceptors (Lipinski definition) is 3. The van der Waals surface area contributed by atoms with Crippen LogP contribution in [0.15, 0.2) is 27.4 Å². The van der Waals surface area contributed by atoms with E-state index in [0.717, 1.165) is 48.4 Å². The van der Waals surface area contributed by atoms with Crippen molar-refractivity contribution in [3.8, 4) is 0 Å². The van der Waals surface area contributed by atoms with E-state index in [0.29, 0.717) is 11.3 Å². The molecule has 1 aliphatic rings. The molecule has 3 nitrogen and oxygen atoms in total. The number of nitrogens with one attached hydrogen (secondary N) is 1. The summed E-state index contributed by atoms with van der Waals surface area (Å²) in [5.74, 6) is 1.23. The zero-order chi connectivity index (χ0) is 13.4. The maximum Gasteiger partial charge on any atom is 0.192 e. The third-order valence-corrected chi connectivity index (χ3v) is 4.18. The van der Waals surface area contributed by atoms with Crippen LogP contribution < -0.4 is 10.7 Å². The van der Waals surface area contributed by atoms with E-state index in [4.69, 9.17) is 4.42 Å². The van der Waals surface area contributed by atoms with Crippen molar-refractivity contribution in [3.63, 3.8) is 0 Å². The van der Waals surface area contributed by atoms with Crippen molar-refractivity contribution in [1.29, 1.82) is 0 Å². The number of fused-ring (bicyclic) bond motifs is 1. The fourth-order valence-electron chi connectivity index (χ4n) is 2.78. The lowest BCUT2D eigenvalue weighted by Gasteiger charge is -2.22. The first-order chi connectivity index (χ1) is 9.16. The average molecular weight is 257 g/mol. The lowest BCUT2D eigenvalue weighted by atomic mass is 9.94. The molecule has 100 valence electrons. The molecule has 1 aliphatic heterocycles. The van der Waals surface area contributed by atoms with E-state index < -0.39 is 0 Å². The van der Waals surface area contributed by atoms with Crippen LogP contribution in [-0.2, 0) is 0 Å². The Morgan fingerprint density at radius 3 is 2.68 bits per heavy atom. The molecule has 1 saturated heterocycles. The predicted molar refractivity (Wildman–Crippen MR) is 76.8 cm³/mol. The van der Waals surface area contributed by atoms with Gasteiger partial charge in [-0.3, -0.25) is 4.79 Å². The van der Waals surface area contributed by atoms with Crippen molar-refractivity contribution in [1.82, 2.24) is 5.32 Å². The van der Waals surface area contributed by atoms with Gasteiger partial charge in [0.25, 0.3) is 0 Å². The molecule has 19 heavy (non-hydrogen) atoms. The summed E-state index contributed by atoms with van der Waals surface area (Å²) in [6.07, 6.45) is 2.08. The van der Waals surface area contributed by atoms with E-state index in [9.17, 15) is 4.79 Å². The van der Waals surface area contributed by atoms with Crippen LogP contribution in [0, 0.1) is 13.8 Å². The Morgan fingerprint density at radius 2 is 1.95 bits per heavy atom. The molecule has 1 fully saturated rings. The molecule has 0 atom stereocenters. The van der Waals surface area contributed by atoms with Crippen LogP contribution in [0.25, 0.3) is 11.0 Å².